The second kappa shape index (κ2) is 2.58. The molecule has 1 aromatic heterocycles. The van der Waals surface area contributed by atoms with E-state index < -0.39 is 0 Å². The van der Waals surface area contributed by atoms with Crippen molar-refractivity contribution < 1.29 is 9.47 Å². The average Bonchev–Trinajstić information content (AvgIpc) is 2.06. The van der Waals surface area contributed by atoms with E-state index >= 15 is 0 Å². The molecule has 11 heavy (non-hydrogen) atoms. The number of hydrogen-bond donors (Lipinski definition) is 0. The molecule has 0 saturated carbocycles. The highest BCUT2D eigenvalue weighted by Gasteiger charge is 2.14. The lowest BCUT2D eigenvalue weighted by molar-refractivity contribution is 0.171. The second-order valence-electron chi connectivity index (χ2n) is 2.15. The molecule has 58 valence electrons. The lowest BCUT2D eigenvalue weighted by Gasteiger charge is -2.17. The van der Waals surface area contributed by atoms with Crippen LogP contribution >= 0.6 is 11.6 Å². The second-order valence-corrected chi connectivity index (χ2v) is 2.55. The minimum atomic E-state index is 0.502. The number of aromatic nitrogens is 1. The molecule has 0 aliphatic carbocycles. The fourth-order valence-electron chi connectivity index (χ4n) is 0.944. The van der Waals surface area contributed by atoms with E-state index in [0.29, 0.717) is 29.7 Å². The molecule has 1 aromatic rings. The lowest BCUT2D eigenvalue weighted by Crippen LogP contribution is -2.15. The molecule has 2 heterocycles. The van der Waals surface area contributed by atoms with Gasteiger partial charge in [0.15, 0.2) is 11.5 Å². The first-order valence-corrected chi connectivity index (χ1v) is 3.65. The Labute approximate surface area is 68.9 Å². The monoisotopic (exact) mass is 171 g/mol. The van der Waals surface area contributed by atoms with Gasteiger partial charge in [-0.1, -0.05) is 11.6 Å². The normalized spacial score (nSPS) is 14.6. The smallest absolute Gasteiger partial charge is 0.183 e. The first-order chi connectivity index (χ1) is 5.38. The van der Waals surface area contributed by atoms with E-state index in [9.17, 15) is 0 Å². The minimum absolute atomic E-state index is 0.502. The first kappa shape index (κ1) is 6.73. The summed E-state index contributed by atoms with van der Waals surface area (Å²) >= 11 is 5.77. The number of rotatable bonds is 0. The van der Waals surface area contributed by atoms with Crippen LogP contribution < -0.4 is 9.47 Å². The van der Waals surface area contributed by atoms with Crippen LogP contribution in [0.4, 0.5) is 0 Å². The standard InChI is InChI=1S/C7H6ClNO2/c8-5-3-9-4-6-7(5)11-2-1-10-6/h3-4H,1-2H2. The van der Waals surface area contributed by atoms with Gasteiger partial charge in [-0.25, -0.2) is 0 Å². The average molecular weight is 172 g/mol. The van der Waals surface area contributed by atoms with E-state index in [1.54, 1.807) is 6.20 Å². The van der Waals surface area contributed by atoms with Crippen LogP contribution in [0, 0.1) is 0 Å². The van der Waals surface area contributed by atoms with Gasteiger partial charge in [-0.3, -0.25) is 4.98 Å². The summed E-state index contributed by atoms with van der Waals surface area (Å²) in [6.07, 6.45) is 3.13. The molecule has 0 bridgehead atoms. The van der Waals surface area contributed by atoms with Gasteiger partial charge in [0, 0.05) is 6.20 Å². The van der Waals surface area contributed by atoms with Crippen molar-refractivity contribution >= 4 is 11.6 Å². The Morgan fingerprint density at radius 1 is 1.27 bits per heavy atom. The molecule has 1 aliphatic heterocycles. The predicted octanol–water partition coefficient (Wildman–Crippen LogP) is 1.51. The van der Waals surface area contributed by atoms with Gasteiger partial charge in [0.25, 0.3) is 0 Å². The summed E-state index contributed by atoms with van der Waals surface area (Å²) < 4.78 is 10.5. The van der Waals surface area contributed by atoms with E-state index in [1.165, 1.54) is 6.20 Å². The van der Waals surface area contributed by atoms with Crippen molar-refractivity contribution in [3.05, 3.63) is 17.4 Å². The van der Waals surface area contributed by atoms with Gasteiger partial charge in [-0.2, -0.15) is 0 Å². The van der Waals surface area contributed by atoms with E-state index in [2.05, 4.69) is 4.98 Å². The quantitative estimate of drug-likeness (QED) is 0.593. The van der Waals surface area contributed by atoms with Crippen molar-refractivity contribution in [3.8, 4) is 11.5 Å². The molecule has 0 spiro atoms. The van der Waals surface area contributed by atoms with Crippen molar-refractivity contribution in [2.45, 2.75) is 0 Å². The largest absolute Gasteiger partial charge is 0.484 e. The van der Waals surface area contributed by atoms with E-state index in [4.69, 9.17) is 21.1 Å². The van der Waals surface area contributed by atoms with E-state index in [1.807, 2.05) is 0 Å². The maximum Gasteiger partial charge on any atom is 0.183 e. The number of pyridine rings is 1. The molecule has 0 amide bonds. The highest BCUT2D eigenvalue weighted by atomic mass is 35.5. The zero-order valence-corrected chi connectivity index (χ0v) is 6.47. The topological polar surface area (TPSA) is 31.4 Å². The van der Waals surface area contributed by atoms with Crippen LogP contribution in [0.1, 0.15) is 0 Å². The number of nitrogens with zero attached hydrogens (tertiary/aromatic N) is 1. The van der Waals surface area contributed by atoms with Crippen LogP contribution in [0.3, 0.4) is 0 Å². The zero-order chi connectivity index (χ0) is 7.68. The molecule has 0 atom stereocenters. The van der Waals surface area contributed by atoms with Gasteiger partial charge in [0.05, 0.1) is 6.20 Å². The molecule has 0 fully saturated rings. The fourth-order valence-corrected chi connectivity index (χ4v) is 1.15. The summed E-state index contributed by atoms with van der Waals surface area (Å²) in [5, 5.41) is 0.502. The van der Waals surface area contributed by atoms with Gasteiger partial charge in [-0.05, 0) is 0 Å². The van der Waals surface area contributed by atoms with Crippen LogP contribution in [0.5, 0.6) is 11.5 Å². The summed E-state index contributed by atoms with van der Waals surface area (Å²) in [6, 6.07) is 0. The maximum absolute atomic E-state index is 5.77. The SMILES string of the molecule is Clc1cncc2c1OCCO2. The summed E-state index contributed by atoms with van der Waals surface area (Å²) in [7, 11) is 0. The van der Waals surface area contributed by atoms with Crippen molar-refractivity contribution in [2.75, 3.05) is 13.2 Å². The predicted molar refractivity (Wildman–Crippen MR) is 40.2 cm³/mol. The highest BCUT2D eigenvalue weighted by molar-refractivity contribution is 6.32. The Morgan fingerprint density at radius 3 is 2.91 bits per heavy atom. The fraction of sp³-hybridized carbons (Fsp3) is 0.286. The third kappa shape index (κ3) is 1.12. The maximum atomic E-state index is 5.77. The number of hydrogen-bond acceptors (Lipinski definition) is 3. The summed E-state index contributed by atoms with van der Waals surface area (Å²) in [6.45, 7) is 1.12. The van der Waals surface area contributed by atoms with Crippen LogP contribution in [-0.2, 0) is 0 Å². The molecular formula is C7H6ClNO2. The molecule has 0 saturated heterocycles. The molecule has 2 rings (SSSR count). The summed E-state index contributed by atoms with van der Waals surface area (Å²) in [4.78, 5) is 3.86. The van der Waals surface area contributed by atoms with Gasteiger partial charge >= 0.3 is 0 Å². The van der Waals surface area contributed by atoms with Crippen LogP contribution in [-0.4, -0.2) is 18.2 Å². The molecule has 0 unspecified atom stereocenters. The van der Waals surface area contributed by atoms with Crippen LogP contribution in [0.15, 0.2) is 12.4 Å². The van der Waals surface area contributed by atoms with Crippen LogP contribution in [0.25, 0.3) is 0 Å². The van der Waals surface area contributed by atoms with Crippen molar-refractivity contribution in [1.29, 1.82) is 0 Å². The molecule has 0 aromatic carbocycles. The minimum Gasteiger partial charge on any atom is -0.484 e. The van der Waals surface area contributed by atoms with Crippen LogP contribution in [0.2, 0.25) is 5.02 Å². The Balaban J connectivity index is 2.49. The zero-order valence-electron chi connectivity index (χ0n) is 5.71. The van der Waals surface area contributed by atoms with Crippen molar-refractivity contribution in [1.82, 2.24) is 4.98 Å². The number of halogens is 1. The molecular weight excluding hydrogens is 166 g/mol. The lowest BCUT2D eigenvalue weighted by atomic mass is 10.4. The third-order valence-electron chi connectivity index (χ3n) is 1.41. The van der Waals surface area contributed by atoms with Crippen molar-refractivity contribution in [3.63, 3.8) is 0 Å². The van der Waals surface area contributed by atoms with E-state index in [0.717, 1.165) is 0 Å². The molecule has 3 nitrogen and oxygen atoms in total. The van der Waals surface area contributed by atoms with Gasteiger partial charge in [-0.15, -0.1) is 0 Å². The summed E-state index contributed by atoms with van der Waals surface area (Å²) in [5.74, 6) is 1.23. The van der Waals surface area contributed by atoms with Gasteiger partial charge in [0.2, 0.25) is 0 Å². The molecule has 4 heteroatoms. The Morgan fingerprint density at radius 2 is 2.09 bits per heavy atom. The Bertz CT molecular complexity index is 277. The van der Waals surface area contributed by atoms with Crippen molar-refractivity contribution in [2.24, 2.45) is 0 Å². The Kier molecular flexibility index (Phi) is 1.58. The van der Waals surface area contributed by atoms with Gasteiger partial charge < -0.3 is 9.47 Å². The van der Waals surface area contributed by atoms with E-state index in [-0.39, 0.29) is 0 Å². The summed E-state index contributed by atoms with van der Waals surface area (Å²) in [5.41, 5.74) is 0. The molecule has 0 radical (unpaired) electrons. The number of fused-ring (bicyclic) bond motifs is 1. The highest BCUT2D eigenvalue weighted by Crippen LogP contribution is 2.35. The van der Waals surface area contributed by atoms with Gasteiger partial charge in [0.1, 0.15) is 18.2 Å². The third-order valence-corrected chi connectivity index (χ3v) is 1.68. The molecule has 1 aliphatic rings. The number of ether oxygens (including phenoxy) is 2. The first-order valence-electron chi connectivity index (χ1n) is 3.27. The Hall–Kier alpha value is -0.960. The molecule has 0 N–H and O–H groups in total.